The molecule has 3 heteroatoms. The van der Waals surface area contributed by atoms with Gasteiger partial charge in [0.15, 0.2) is 6.29 Å². The number of hydrogen-bond acceptors (Lipinski definition) is 3. The van der Waals surface area contributed by atoms with Gasteiger partial charge in [0.05, 0.1) is 0 Å². The number of nitrogens with zero attached hydrogens (tertiary/aromatic N) is 1. The third-order valence-electron chi connectivity index (χ3n) is 4.53. The maximum atomic E-state index is 5.38. The minimum atomic E-state index is -0.171. The van der Waals surface area contributed by atoms with Crippen LogP contribution in [0.3, 0.4) is 0 Å². The molecule has 0 aliphatic carbocycles. The quantitative estimate of drug-likeness (QED) is 0.265. The second-order valence-corrected chi connectivity index (χ2v) is 6.18. The minimum absolute atomic E-state index is 0.0416. The molecule has 0 amide bonds. The van der Waals surface area contributed by atoms with Crippen molar-refractivity contribution in [1.82, 2.24) is 4.90 Å². The average Bonchev–Trinajstić information content (AvgIpc) is 2.49. The van der Waals surface area contributed by atoms with Crippen molar-refractivity contribution in [1.29, 1.82) is 0 Å². The summed E-state index contributed by atoms with van der Waals surface area (Å²) in [6, 6.07) is 0. The zero-order valence-corrected chi connectivity index (χ0v) is 15.0. The fourth-order valence-corrected chi connectivity index (χ4v) is 2.82. The first-order chi connectivity index (χ1) is 10.1. The van der Waals surface area contributed by atoms with Gasteiger partial charge in [0, 0.05) is 26.2 Å². The highest BCUT2D eigenvalue weighted by Crippen LogP contribution is 2.29. The fraction of sp³-hybridized carbons (Fsp3) is 0.889. The van der Waals surface area contributed by atoms with Gasteiger partial charge in [0.2, 0.25) is 0 Å². The SMILES string of the molecule is C=CC(CCCCCCCCC)(CC(OC)OC)N(C)C. The van der Waals surface area contributed by atoms with Crippen LogP contribution in [0.1, 0.15) is 64.7 Å². The van der Waals surface area contributed by atoms with E-state index >= 15 is 0 Å². The summed E-state index contributed by atoms with van der Waals surface area (Å²) in [7, 11) is 7.63. The van der Waals surface area contributed by atoms with Crippen molar-refractivity contribution in [3.8, 4) is 0 Å². The van der Waals surface area contributed by atoms with Crippen LogP contribution in [0, 0.1) is 0 Å². The molecule has 0 rings (SSSR count). The average molecular weight is 299 g/mol. The Bertz CT molecular complexity index is 252. The normalized spacial score (nSPS) is 14.6. The summed E-state index contributed by atoms with van der Waals surface area (Å²) in [5.74, 6) is 0. The maximum absolute atomic E-state index is 5.38. The van der Waals surface area contributed by atoms with Gasteiger partial charge in [-0.1, -0.05) is 57.9 Å². The molecule has 0 aromatic carbocycles. The van der Waals surface area contributed by atoms with Crippen molar-refractivity contribution in [2.45, 2.75) is 76.5 Å². The van der Waals surface area contributed by atoms with E-state index in [9.17, 15) is 0 Å². The molecule has 0 saturated heterocycles. The molecule has 0 aromatic rings. The number of rotatable bonds is 14. The Balaban J connectivity index is 4.26. The number of methoxy groups -OCH3 is 2. The number of hydrogen-bond donors (Lipinski definition) is 0. The van der Waals surface area contributed by atoms with Crippen LogP contribution < -0.4 is 0 Å². The fourth-order valence-electron chi connectivity index (χ4n) is 2.82. The highest BCUT2D eigenvalue weighted by molar-refractivity contribution is 5.03. The smallest absolute Gasteiger partial charge is 0.158 e. The molecule has 0 aliphatic heterocycles. The van der Waals surface area contributed by atoms with Gasteiger partial charge >= 0.3 is 0 Å². The van der Waals surface area contributed by atoms with Crippen molar-refractivity contribution in [3.63, 3.8) is 0 Å². The largest absolute Gasteiger partial charge is 0.356 e. The van der Waals surface area contributed by atoms with Crippen LogP contribution in [0.25, 0.3) is 0 Å². The molecule has 0 bridgehead atoms. The van der Waals surface area contributed by atoms with E-state index < -0.39 is 0 Å². The maximum Gasteiger partial charge on any atom is 0.158 e. The lowest BCUT2D eigenvalue weighted by Gasteiger charge is -2.39. The zero-order chi connectivity index (χ0) is 16.1. The van der Waals surface area contributed by atoms with Crippen LogP contribution in [0.15, 0.2) is 12.7 Å². The molecule has 0 radical (unpaired) electrons. The molecular formula is C18H37NO2. The van der Waals surface area contributed by atoms with E-state index in [0.717, 1.165) is 12.8 Å². The standard InChI is InChI=1S/C18H37NO2/c1-7-9-10-11-12-13-14-15-18(8-2,19(3)4)16-17(20-5)21-6/h8,17H,2,7,9-16H2,1,3-6H3. The Kier molecular flexibility index (Phi) is 12.0. The van der Waals surface area contributed by atoms with Crippen LogP contribution in [-0.4, -0.2) is 45.0 Å². The van der Waals surface area contributed by atoms with Gasteiger partial charge in [0.25, 0.3) is 0 Å². The first kappa shape index (κ1) is 20.6. The van der Waals surface area contributed by atoms with Crippen molar-refractivity contribution >= 4 is 0 Å². The van der Waals surface area contributed by atoms with Crippen LogP contribution >= 0.6 is 0 Å². The van der Waals surface area contributed by atoms with Crippen LogP contribution in [0.2, 0.25) is 0 Å². The van der Waals surface area contributed by atoms with Gasteiger partial charge in [0.1, 0.15) is 0 Å². The molecule has 0 spiro atoms. The predicted molar refractivity (Wildman–Crippen MR) is 91.6 cm³/mol. The molecule has 1 unspecified atom stereocenters. The molecule has 21 heavy (non-hydrogen) atoms. The van der Waals surface area contributed by atoms with E-state index in [1.54, 1.807) is 14.2 Å². The minimum Gasteiger partial charge on any atom is -0.356 e. The van der Waals surface area contributed by atoms with Crippen molar-refractivity contribution in [2.24, 2.45) is 0 Å². The summed E-state index contributed by atoms with van der Waals surface area (Å²) in [5.41, 5.74) is -0.0416. The summed E-state index contributed by atoms with van der Waals surface area (Å²) in [4.78, 5) is 2.25. The molecule has 0 saturated carbocycles. The summed E-state index contributed by atoms with van der Waals surface area (Å²) in [6.07, 6.45) is 13.2. The lowest BCUT2D eigenvalue weighted by atomic mass is 9.87. The molecule has 0 N–H and O–H groups in total. The van der Waals surface area contributed by atoms with Crippen molar-refractivity contribution < 1.29 is 9.47 Å². The third kappa shape index (κ3) is 7.98. The molecule has 0 aromatic heterocycles. The monoisotopic (exact) mass is 299 g/mol. The van der Waals surface area contributed by atoms with Gasteiger partial charge in [-0.25, -0.2) is 0 Å². The highest BCUT2D eigenvalue weighted by Gasteiger charge is 2.32. The lowest BCUT2D eigenvalue weighted by molar-refractivity contribution is -0.123. The Morgan fingerprint density at radius 3 is 1.95 bits per heavy atom. The van der Waals surface area contributed by atoms with Crippen molar-refractivity contribution in [2.75, 3.05) is 28.3 Å². The first-order valence-electron chi connectivity index (χ1n) is 8.43. The zero-order valence-electron chi connectivity index (χ0n) is 15.0. The summed E-state index contributed by atoms with van der Waals surface area (Å²) < 4.78 is 10.8. The number of ether oxygens (including phenoxy) is 2. The second kappa shape index (κ2) is 12.2. The van der Waals surface area contributed by atoms with Gasteiger partial charge in [-0.2, -0.15) is 0 Å². The summed E-state index contributed by atoms with van der Waals surface area (Å²) >= 11 is 0. The highest BCUT2D eigenvalue weighted by atomic mass is 16.7. The van der Waals surface area contributed by atoms with Gasteiger partial charge in [-0.15, -0.1) is 6.58 Å². The van der Waals surface area contributed by atoms with Crippen LogP contribution in [0.4, 0.5) is 0 Å². The molecule has 0 fully saturated rings. The van der Waals surface area contributed by atoms with Crippen LogP contribution in [0.5, 0.6) is 0 Å². The van der Waals surface area contributed by atoms with E-state index in [1.807, 2.05) is 0 Å². The second-order valence-electron chi connectivity index (χ2n) is 6.18. The van der Waals surface area contributed by atoms with E-state index in [2.05, 4.69) is 38.6 Å². The number of unbranched alkanes of at least 4 members (excludes halogenated alkanes) is 6. The van der Waals surface area contributed by atoms with Crippen LogP contribution in [-0.2, 0) is 9.47 Å². The third-order valence-corrected chi connectivity index (χ3v) is 4.53. The Morgan fingerprint density at radius 1 is 1.00 bits per heavy atom. The van der Waals surface area contributed by atoms with Crippen molar-refractivity contribution in [3.05, 3.63) is 12.7 Å². The number of likely N-dealkylation sites (N-methyl/N-ethyl adjacent to an activating group) is 1. The topological polar surface area (TPSA) is 21.7 Å². The Morgan fingerprint density at radius 2 is 1.52 bits per heavy atom. The summed E-state index contributed by atoms with van der Waals surface area (Å²) in [5, 5.41) is 0. The van der Waals surface area contributed by atoms with E-state index in [0.29, 0.717) is 0 Å². The summed E-state index contributed by atoms with van der Waals surface area (Å²) in [6.45, 7) is 6.32. The molecule has 0 aliphatic rings. The van der Waals surface area contributed by atoms with Gasteiger partial charge in [-0.3, -0.25) is 0 Å². The van der Waals surface area contributed by atoms with Gasteiger partial charge < -0.3 is 14.4 Å². The molecular weight excluding hydrogens is 262 g/mol. The first-order valence-corrected chi connectivity index (χ1v) is 8.43. The molecule has 0 heterocycles. The van der Waals surface area contributed by atoms with E-state index in [-0.39, 0.29) is 11.8 Å². The Hall–Kier alpha value is -0.380. The van der Waals surface area contributed by atoms with E-state index in [4.69, 9.17) is 9.47 Å². The molecule has 3 nitrogen and oxygen atoms in total. The van der Waals surface area contributed by atoms with E-state index in [1.165, 1.54) is 44.9 Å². The predicted octanol–water partition coefficient (Wildman–Crippen LogP) is 4.62. The lowest BCUT2D eigenvalue weighted by Crippen LogP contribution is -2.45. The van der Waals surface area contributed by atoms with Gasteiger partial charge in [-0.05, 0) is 20.5 Å². The molecule has 126 valence electrons. The molecule has 1 atom stereocenters. The Labute approximate surface area is 132 Å².